The number of likely N-dealkylation sites (tertiary alicyclic amines) is 1. The zero-order valence-electron chi connectivity index (χ0n) is 18.4. The number of carbonyl (C=O) groups excluding carboxylic acids is 1. The number of pyridine rings is 1. The van der Waals surface area contributed by atoms with Crippen LogP contribution in [0, 0.1) is 13.8 Å². The van der Waals surface area contributed by atoms with Crippen molar-refractivity contribution in [3.05, 3.63) is 75.5 Å². The van der Waals surface area contributed by atoms with E-state index in [1.54, 1.807) is 11.1 Å². The molecule has 3 aromatic heterocycles. The molecular formula is C24H23N5O3S. The van der Waals surface area contributed by atoms with E-state index in [0.29, 0.717) is 41.1 Å². The second kappa shape index (κ2) is 8.82. The van der Waals surface area contributed by atoms with Gasteiger partial charge in [-0.05, 0) is 61.2 Å². The average molecular weight is 462 g/mol. The predicted molar refractivity (Wildman–Crippen MR) is 125 cm³/mol. The van der Waals surface area contributed by atoms with Crippen LogP contribution in [0.1, 0.15) is 35.4 Å². The van der Waals surface area contributed by atoms with E-state index in [2.05, 4.69) is 21.2 Å². The SMILES string of the molecule is Cc1cc2oc(=O)cc(CSc3nnc(CN4CCCC4=O)n3-c3ccccn3)c2cc1C. The lowest BCUT2D eigenvalue weighted by Gasteiger charge is -2.16. The molecule has 4 aromatic rings. The molecular weight excluding hydrogens is 438 g/mol. The molecule has 1 aromatic carbocycles. The van der Waals surface area contributed by atoms with Crippen molar-refractivity contribution in [2.45, 2.75) is 44.1 Å². The van der Waals surface area contributed by atoms with Crippen molar-refractivity contribution in [1.82, 2.24) is 24.6 Å². The van der Waals surface area contributed by atoms with Crippen LogP contribution in [0.2, 0.25) is 0 Å². The second-order valence-electron chi connectivity index (χ2n) is 8.15. The number of rotatable bonds is 6. The van der Waals surface area contributed by atoms with Gasteiger partial charge in [0, 0.05) is 36.4 Å². The summed E-state index contributed by atoms with van der Waals surface area (Å²) in [6, 6.07) is 11.1. The minimum absolute atomic E-state index is 0.132. The zero-order valence-corrected chi connectivity index (χ0v) is 19.3. The molecule has 1 aliphatic heterocycles. The van der Waals surface area contributed by atoms with Crippen molar-refractivity contribution in [1.29, 1.82) is 0 Å². The van der Waals surface area contributed by atoms with Gasteiger partial charge < -0.3 is 9.32 Å². The van der Waals surface area contributed by atoms with Crippen LogP contribution >= 0.6 is 11.8 Å². The van der Waals surface area contributed by atoms with Gasteiger partial charge in [0.05, 0.1) is 6.54 Å². The molecule has 0 radical (unpaired) electrons. The third-order valence-corrected chi connectivity index (χ3v) is 6.86. The van der Waals surface area contributed by atoms with Gasteiger partial charge in [-0.2, -0.15) is 0 Å². The molecule has 1 saturated heterocycles. The number of carbonyl (C=O) groups is 1. The van der Waals surface area contributed by atoms with Crippen molar-refractivity contribution in [2.24, 2.45) is 0 Å². The molecule has 0 bridgehead atoms. The fourth-order valence-electron chi connectivity index (χ4n) is 4.00. The first-order valence-corrected chi connectivity index (χ1v) is 11.8. The van der Waals surface area contributed by atoms with Gasteiger partial charge in [-0.25, -0.2) is 9.78 Å². The fraction of sp³-hybridized carbons (Fsp3) is 0.292. The highest BCUT2D eigenvalue weighted by Gasteiger charge is 2.24. The van der Waals surface area contributed by atoms with E-state index in [1.165, 1.54) is 17.8 Å². The minimum Gasteiger partial charge on any atom is -0.423 e. The van der Waals surface area contributed by atoms with Crippen molar-refractivity contribution < 1.29 is 9.21 Å². The van der Waals surface area contributed by atoms with Gasteiger partial charge in [0.1, 0.15) is 11.4 Å². The summed E-state index contributed by atoms with van der Waals surface area (Å²) in [6.45, 7) is 5.15. The van der Waals surface area contributed by atoms with Crippen molar-refractivity contribution in [3.63, 3.8) is 0 Å². The Balaban J connectivity index is 1.50. The lowest BCUT2D eigenvalue weighted by Crippen LogP contribution is -2.25. The first kappa shape index (κ1) is 21.4. The van der Waals surface area contributed by atoms with E-state index in [9.17, 15) is 9.59 Å². The van der Waals surface area contributed by atoms with Crippen LogP contribution in [0.15, 0.2) is 57.0 Å². The average Bonchev–Trinajstić information content (AvgIpc) is 3.40. The fourth-order valence-corrected chi connectivity index (χ4v) is 4.95. The first-order chi connectivity index (χ1) is 16.0. The number of aryl methyl sites for hydroxylation is 2. The number of nitrogens with zero attached hydrogens (tertiary/aromatic N) is 5. The molecule has 168 valence electrons. The molecule has 5 rings (SSSR count). The molecule has 8 nitrogen and oxygen atoms in total. The maximum absolute atomic E-state index is 12.2. The number of hydrogen-bond acceptors (Lipinski definition) is 7. The maximum atomic E-state index is 12.2. The maximum Gasteiger partial charge on any atom is 0.336 e. The Hall–Kier alpha value is -3.46. The Kier molecular flexibility index (Phi) is 5.72. The highest BCUT2D eigenvalue weighted by molar-refractivity contribution is 7.98. The van der Waals surface area contributed by atoms with E-state index in [4.69, 9.17) is 4.42 Å². The molecule has 4 heterocycles. The van der Waals surface area contributed by atoms with Gasteiger partial charge in [0.2, 0.25) is 5.91 Å². The monoisotopic (exact) mass is 461 g/mol. The molecule has 1 aliphatic rings. The Morgan fingerprint density at radius 3 is 2.70 bits per heavy atom. The van der Waals surface area contributed by atoms with Crippen LogP contribution in [0.5, 0.6) is 0 Å². The van der Waals surface area contributed by atoms with Gasteiger partial charge in [-0.1, -0.05) is 17.8 Å². The zero-order chi connectivity index (χ0) is 22.9. The quantitative estimate of drug-likeness (QED) is 0.318. The molecule has 1 fully saturated rings. The highest BCUT2D eigenvalue weighted by Crippen LogP contribution is 2.29. The summed E-state index contributed by atoms with van der Waals surface area (Å²) in [5.74, 6) is 2.00. The van der Waals surface area contributed by atoms with Gasteiger partial charge in [0.25, 0.3) is 0 Å². The summed E-state index contributed by atoms with van der Waals surface area (Å²) in [5, 5.41) is 10.4. The van der Waals surface area contributed by atoms with Crippen LogP contribution in [0.4, 0.5) is 0 Å². The van der Waals surface area contributed by atoms with E-state index in [-0.39, 0.29) is 11.5 Å². The first-order valence-electron chi connectivity index (χ1n) is 10.8. The number of thioether (sulfide) groups is 1. The van der Waals surface area contributed by atoms with Crippen molar-refractivity contribution >= 4 is 28.6 Å². The summed E-state index contributed by atoms with van der Waals surface area (Å²) >= 11 is 1.47. The summed E-state index contributed by atoms with van der Waals surface area (Å²) < 4.78 is 7.31. The number of fused-ring (bicyclic) bond motifs is 1. The van der Waals surface area contributed by atoms with E-state index in [0.717, 1.165) is 35.0 Å². The number of benzene rings is 1. The summed E-state index contributed by atoms with van der Waals surface area (Å²) in [4.78, 5) is 30.6. The molecule has 0 saturated carbocycles. The molecule has 0 atom stereocenters. The number of amides is 1. The molecule has 1 amide bonds. The smallest absolute Gasteiger partial charge is 0.336 e. The predicted octanol–water partition coefficient (Wildman–Crippen LogP) is 3.80. The van der Waals surface area contributed by atoms with Crippen molar-refractivity contribution in [3.8, 4) is 5.82 Å². The molecule has 9 heteroatoms. The standard InChI is InChI=1S/C24H23N5O3S/c1-15-10-18-17(12-23(31)32-19(18)11-16(15)2)14-33-24-27-26-21(13-28-9-5-7-22(28)30)29(24)20-6-3-4-8-25-20/h3-4,6,8,10-12H,5,7,9,13-14H2,1-2H3. The van der Waals surface area contributed by atoms with Crippen LogP contribution in [-0.2, 0) is 17.1 Å². The Labute approximate surface area is 194 Å². The molecule has 0 unspecified atom stereocenters. The van der Waals surface area contributed by atoms with Crippen LogP contribution in [0.25, 0.3) is 16.8 Å². The van der Waals surface area contributed by atoms with E-state index in [1.807, 2.05) is 42.7 Å². The molecule has 0 N–H and O–H groups in total. The minimum atomic E-state index is -0.374. The highest BCUT2D eigenvalue weighted by atomic mass is 32.2. The largest absolute Gasteiger partial charge is 0.423 e. The third-order valence-electron chi connectivity index (χ3n) is 5.88. The van der Waals surface area contributed by atoms with Crippen LogP contribution < -0.4 is 5.63 Å². The summed E-state index contributed by atoms with van der Waals surface area (Å²) in [6.07, 6.45) is 3.15. The van der Waals surface area contributed by atoms with Gasteiger partial charge >= 0.3 is 5.63 Å². The normalized spacial score (nSPS) is 13.9. The lowest BCUT2D eigenvalue weighted by atomic mass is 10.0. The van der Waals surface area contributed by atoms with E-state index >= 15 is 0 Å². The summed E-state index contributed by atoms with van der Waals surface area (Å²) in [5.41, 5.74) is 3.30. The third kappa shape index (κ3) is 4.28. The second-order valence-corrected chi connectivity index (χ2v) is 9.10. The topological polar surface area (TPSA) is 94.1 Å². The van der Waals surface area contributed by atoms with Gasteiger partial charge in [-0.15, -0.1) is 10.2 Å². The number of aromatic nitrogens is 4. The molecule has 33 heavy (non-hydrogen) atoms. The van der Waals surface area contributed by atoms with Crippen LogP contribution in [0.3, 0.4) is 0 Å². The van der Waals surface area contributed by atoms with Gasteiger partial charge in [-0.3, -0.25) is 9.36 Å². The van der Waals surface area contributed by atoms with Crippen molar-refractivity contribution in [2.75, 3.05) is 6.54 Å². The Morgan fingerprint density at radius 1 is 1.09 bits per heavy atom. The Morgan fingerprint density at radius 2 is 1.94 bits per heavy atom. The van der Waals surface area contributed by atoms with Crippen LogP contribution in [-0.4, -0.2) is 37.1 Å². The summed E-state index contributed by atoms with van der Waals surface area (Å²) in [7, 11) is 0. The molecule has 0 aliphatic carbocycles. The molecule has 0 spiro atoms. The van der Waals surface area contributed by atoms with E-state index < -0.39 is 0 Å². The van der Waals surface area contributed by atoms with Gasteiger partial charge in [0.15, 0.2) is 11.0 Å². The Bertz CT molecular complexity index is 1400. The lowest BCUT2D eigenvalue weighted by molar-refractivity contribution is -0.128. The number of hydrogen-bond donors (Lipinski definition) is 0.